The van der Waals surface area contributed by atoms with Crippen molar-refractivity contribution in [1.82, 2.24) is 10.4 Å². The van der Waals surface area contributed by atoms with Crippen LogP contribution in [0.25, 0.3) is 6.08 Å². The second kappa shape index (κ2) is 7.07. The molecular weight excluding hydrogens is 254 g/mol. The number of piperazine rings is 1. The fourth-order valence-electron chi connectivity index (χ4n) is 2.08. The molecule has 0 unspecified atom stereocenters. The van der Waals surface area contributed by atoms with Crippen molar-refractivity contribution in [2.24, 2.45) is 0 Å². The summed E-state index contributed by atoms with van der Waals surface area (Å²) in [5.74, 6) is 0.729. The van der Waals surface area contributed by atoms with Crippen molar-refractivity contribution in [3.8, 4) is 5.75 Å². The third kappa shape index (κ3) is 4.36. The first-order chi connectivity index (χ1) is 9.67. The van der Waals surface area contributed by atoms with Gasteiger partial charge >= 0.3 is 0 Å². The topological polar surface area (TPSA) is 46.0 Å². The van der Waals surface area contributed by atoms with E-state index in [1.54, 1.807) is 19.3 Å². The summed E-state index contributed by atoms with van der Waals surface area (Å²) < 4.78 is 5.09. The van der Waals surface area contributed by atoms with Gasteiger partial charge in [0.15, 0.2) is 0 Å². The van der Waals surface area contributed by atoms with Gasteiger partial charge in [0.05, 0.1) is 40.3 Å². The molecule has 0 spiro atoms. The summed E-state index contributed by atoms with van der Waals surface area (Å²) in [6.45, 7) is 3.91. The number of nitrogens with zero attached hydrogens (tertiary/aromatic N) is 1. The molecule has 108 valence electrons. The number of benzene rings is 1. The largest absolute Gasteiger partial charge is 0.497 e. The molecule has 1 aliphatic heterocycles. The summed E-state index contributed by atoms with van der Waals surface area (Å²) in [5.41, 5.74) is 3.88. The highest BCUT2D eigenvalue weighted by molar-refractivity contribution is 5.91. The maximum absolute atomic E-state index is 11.8. The molecule has 0 aromatic heterocycles. The van der Waals surface area contributed by atoms with Crippen molar-refractivity contribution in [3.63, 3.8) is 0 Å². The van der Waals surface area contributed by atoms with Gasteiger partial charge in [-0.05, 0) is 23.8 Å². The van der Waals surface area contributed by atoms with Gasteiger partial charge in [0, 0.05) is 6.08 Å². The zero-order valence-electron chi connectivity index (χ0n) is 12.1. The fourth-order valence-corrected chi connectivity index (χ4v) is 2.08. The Kier molecular flexibility index (Phi) is 5.15. The SMILES string of the molecule is COc1ccc(/C=C/C(=O)NN2CC[NH+](C)CC2)cc1. The lowest BCUT2D eigenvalue weighted by Crippen LogP contribution is -3.12. The zero-order chi connectivity index (χ0) is 14.4. The highest BCUT2D eigenvalue weighted by Gasteiger charge is 2.16. The van der Waals surface area contributed by atoms with Crippen LogP contribution in [0.1, 0.15) is 5.56 Å². The van der Waals surface area contributed by atoms with Gasteiger partial charge < -0.3 is 9.64 Å². The van der Waals surface area contributed by atoms with Crippen LogP contribution in [0.15, 0.2) is 30.3 Å². The lowest BCUT2D eigenvalue weighted by Gasteiger charge is -2.29. The van der Waals surface area contributed by atoms with Crippen LogP contribution < -0.4 is 15.1 Å². The van der Waals surface area contributed by atoms with E-state index in [4.69, 9.17) is 4.74 Å². The molecule has 1 amide bonds. The van der Waals surface area contributed by atoms with E-state index >= 15 is 0 Å². The quantitative estimate of drug-likeness (QED) is 0.734. The number of quaternary nitrogens is 1. The van der Waals surface area contributed by atoms with Crippen molar-refractivity contribution in [2.75, 3.05) is 40.3 Å². The molecule has 2 N–H and O–H groups in total. The summed E-state index contributed by atoms with van der Waals surface area (Å²) >= 11 is 0. The number of carbonyl (C=O) groups excluding carboxylic acids is 1. The fraction of sp³-hybridized carbons (Fsp3) is 0.400. The van der Waals surface area contributed by atoms with Gasteiger partial charge in [-0.15, -0.1) is 0 Å². The lowest BCUT2D eigenvalue weighted by atomic mass is 10.2. The molecule has 1 aromatic rings. The second-order valence-electron chi connectivity index (χ2n) is 5.03. The van der Waals surface area contributed by atoms with E-state index in [0.29, 0.717) is 0 Å². The molecule has 1 aliphatic rings. The van der Waals surface area contributed by atoms with Crippen LogP contribution in [0.3, 0.4) is 0 Å². The normalized spacial score (nSPS) is 17.3. The number of likely N-dealkylation sites (N-methyl/N-ethyl adjacent to an activating group) is 1. The Morgan fingerprint density at radius 3 is 2.55 bits per heavy atom. The molecule has 0 bridgehead atoms. The van der Waals surface area contributed by atoms with Crippen LogP contribution in [0, 0.1) is 0 Å². The van der Waals surface area contributed by atoms with Crippen molar-refractivity contribution >= 4 is 12.0 Å². The Hall–Kier alpha value is -1.85. The minimum Gasteiger partial charge on any atom is -0.497 e. The van der Waals surface area contributed by atoms with E-state index in [-0.39, 0.29) is 5.91 Å². The van der Waals surface area contributed by atoms with Crippen LogP contribution in [0.4, 0.5) is 0 Å². The zero-order valence-corrected chi connectivity index (χ0v) is 12.1. The molecule has 20 heavy (non-hydrogen) atoms. The third-order valence-corrected chi connectivity index (χ3v) is 3.43. The number of hydrazine groups is 1. The highest BCUT2D eigenvalue weighted by atomic mass is 16.5. The maximum atomic E-state index is 11.8. The van der Waals surface area contributed by atoms with Gasteiger partial charge in [-0.3, -0.25) is 10.2 Å². The Labute approximate surface area is 119 Å². The molecule has 0 radical (unpaired) electrons. The van der Waals surface area contributed by atoms with Gasteiger partial charge in [-0.25, -0.2) is 5.01 Å². The molecule has 1 fully saturated rings. The van der Waals surface area contributed by atoms with E-state index in [2.05, 4.69) is 12.5 Å². The number of carbonyl (C=O) groups is 1. The molecule has 1 heterocycles. The van der Waals surface area contributed by atoms with Gasteiger partial charge in [0.2, 0.25) is 0 Å². The minimum absolute atomic E-state index is 0.0830. The van der Waals surface area contributed by atoms with Gasteiger partial charge in [-0.1, -0.05) is 12.1 Å². The molecule has 0 saturated carbocycles. The lowest BCUT2D eigenvalue weighted by molar-refractivity contribution is -0.884. The van der Waals surface area contributed by atoms with Crippen molar-refractivity contribution in [1.29, 1.82) is 0 Å². The Morgan fingerprint density at radius 1 is 1.30 bits per heavy atom. The Morgan fingerprint density at radius 2 is 1.95 bits per heavy atom. The number of nitrogens with one attached hydrogen (secondary N) is 2. The van der Waals surface area contributed by atoms with Crippen molar-refractivity contribution < 1.29 is 14.4 Å². The second-order valence-corrected chi connectivity index (χ2v) is 5.03. The predicted molar refractivity (Wildman–Crippen MR) is 78.4 cm³/mol. The van der Waals surface area contributed by atoms with E-state index in [0.717, 1.165) is 37.5 Å². The third-order valence-electron chi connectivity index (χ3n) is 3.43. The maximum Gasteiger partial charge on any atom is 0.258 e. The van der Waals surface area contributed by atoms with Gasteiger partial charge in [0.25, 0.3) is 5.91 Å². The summed E-state index contributed by atoms with van der Waals surface area (Å²) in [6.07, 6.45) is 3.36. The summed E-state index contributed by atoms with van der Waals surface area (Å²) in [4.78, 5) is 13.3. The molecule has 1 saturated heterocycles. The molecular formula is C15H22N3O2+. The van der Waals surface area contributed by atoms with Gasteiger partial charge in [0.1, 0.15) is 5.75 Å². The molecule has 0 atom stereocenters. The molecule has 5 nitrogen and oxygen atoms in total. The number of ether oxygens (including phenoxy) is 1. The van der Waals surface area contributed by atoms with Crippen molar-refractivity contribution in [3.05, 3.63) is 35.9 Å². The standard InChI is InChI=1S/C15H21N3O2/c1-17-9-11-18(12-10-17)16-15(19)8-5-13-3-6-14(20-2)7-4-13/h3-8H,9-12H2,1-2H3,(H,16,19)/p+1/b8-5+. The summed E-state index contributed by atoms with van der Waals surface area (Å²) in [6, 6.07) is 7.59. The first-order valence-electron chi connectivity index (χ1n) is 6.86. The number of rotatable bonds is 4. The monoisotopic (exact) mass is 276 g/mol. The number of amides is 1. The van der Waals surface area contributed by atoms with Crippen LogP contribution in [-0.2, 0) is 4.79 Å². The molecule has 2 rings (SSSR count). The molecule has 1 aromatic carbocycles. The van der Waals surface area contributed by atoms with E-state index in [1.807, 2.05) is 29.3 Å². The summed E-state index contributed by atoms with van der Waals surface area (Å²) in [7, 11) is 3.80. The smallest absolute Gasteiger partial charge is 0.258 e. The van der Waals surface area contributed by atoms with Crippen LogP contribution in [0.2, 0.25) is 0 Å². The Bertz CT molecular complexity index is 463. The van der Waals surface area contributed by atoms with E-state index in [9.17, 15) is 4.79 Å². The Balaban J connectivity index is 1.82. The highest BCUT2D eigenvalue weighted by Crippen LogP contribution is 2.12. The van der Waals surface area contributed by atoms with Crippen LogP contribution in [-0.4, -0.2) is 51.3 Å². The van der Waals surface area contributed by atoms with E-state index < -0.39 is 0 Å². The first-order valence-corrected chi connectivity index (χ1v) is 6.86. The average Bonchev–Trinajstić information content (AvgIpc) is 2.48. The number of hydrogen-bond acceptors (Lipinski definition) is 3. The van der Waals surface area contributed by atoms with Crippen LogP contribution in [0.5, 0.6) is 5.75 Å². The minimum atomic E-state index is -0.0830. The average molecular weight is 276 g/mol. The van der Waals surface area contributed by atoms with E-state index in [1.165, 1.54) is 4.90 Å². The molecule has 0 aliphatic carbocycles. The van der Waals surface area contributed by atoms with Crippen LogP contribution >= 0.6 is 0 Å². The summed E-state index contributed by atoms with van der Waals surface area (Å²) in [5, 5.41) is 1.98. The van der Waals surface area contributed by atoms with Gasteiger partial charge in [-0.2, -0.15) is 0 Å². The predicted octanol–water partition coefficient (Wildman–Crippen LogP) is -0.430. The number of methoxy groups -OCH3 is 1. The number of hydrogen-bond donors (Lipinski definition) is 2. The van der Waals surface area contributed by atoms with Crippen molar-refractivity contribution in [2.45, 2.75) is 0 Å². The first kappa shape index (κ1) is 14.6. The molecule has 5 heteroatoms.